The molecule has 0 aliphatic rings. The molecule has 0 spiro atoms. The van der Waals surface area contributed by atoms with Crippen LogP contribution in [-0.4, -0.2) is 30.8 Å². The number of nitrogen functional groups attached to an aromatic ring is 1. The Morgan fingerprint density at radius 1 is 1.52 bits per heavy atom. The van der Waals surface area contributed by atoms with E-state index in [4.69, 9.17) is 17.3 Å². The first-order valence-corrected chi connectivity index (χ1v) is 8.93. The van der Waals surface area contributed by atoms with Crippen LogP contribution in [0.2, 0.25) is 5.02 Å². The summed E-state index contributed by atoms with van der Waals surface area (Å²) >= 11 is 7.46. The average molecular weight is 346 g/mol. The van der Waals surface area contributed by atoms with Crippen molar-refractivity contribution in [1.82, 2.24) is 9.29 Å². The summed E-state index contributed by atoms with van der Waals surface area (Å²) < 4.78 is 26.4. The van der Waals surface area contributed by atoms with Gasteiger partial charge >= 0.3 is 0 Å². The van der Waals surface area contributed by atoms with Crippen molar-refractivity contribution in [3.63, 3.8) is 0 Å². The fourth-order valence-electron chi connectivity index (χ4n) is 1.82. The number of aromatic nitrogens is 1. The molecule has 0 radical (unpaired) electrons. The third-order valence-corrected chi connectivity index (χ3v) is 6.36. The van der Waals surface area contributed by atoms with Gasteiger partial charge in [-0.25, -0.2) is 13.4 Å². The molecule has 1 unspecified atom stereocenters. The Kier molecular flexibility index (Phi) is 4.88. The van der Waals surface area contributed by atoms with Crippen LogP contribution in [0, 0.1) is 0 Å². The summed E-state index contributed by atoms with van der Waals surface area (Å²) in [5, 5.41) is 2.11. The van der Waals surface area contributed by atoms with E-state index in [2.05, 4.69) is 4.98 Å². The maximum absolute atomic E-state index is 12.6. The molecule has 5 nitrogen and oxygen atoms in total. The zero-order chi connectivity index (χ0) is 15.6. The number of rotatable bonds is 5. The van der Waals surface area contributed by atoms with E-state index >= 15 is 0 Å². The van der Waals surface area contributed by atoms with Crippen LogP contribution in [0.3, 0.4) is 0 Å². The maximum Gasteiger partial charge on any atom is 0.244 e. The molecule has 2 aromatic rings. The summed E-state index contributed by atoms with van der Waals surface area (Å²) in [5.74, 6) is 0.116. The molecular weight excluding hydrogens is 330 g/mol. The molecule has 2 rings (SSSR count). The van der Waals surface area contributed by atoms with Crippen molar-refractivity contribution in [2.45, 2.75) is 24.3 Å². The minimum Gasteiger partial charge on any atom is -0.382 e. The van der Waals surface area contributed by atoms with Crippen LogP contribution in [0.15, 0.2) is 34.7 Å². The topological polar surface area (TPSA) is 76.3 Å². The number of sulfonamides is 1. The quantitative estimate of drug-likeness (QED) is 0.903. The van der Waals surface area contributed by atoms with Crippen molar-refractivity contribution in [3.05, 3.63) is 39.7 Å². The Morgan fingerprint density at radius 3 is 2.81 bits per heavy atom. The molecule has 0 amide bonds. The number of pyridine rings is 1. The maximum atomic E-state index is 12.6. The van der Waals surface area contributed by atoms with Crippen LogP contribution < -0.4 is 5.73 Å². The molecule has 0 fully saturated rings. The normalized spacial score (nSPS) is 13.5. The SMILES string of the molecule is CC(Cc1cccs1)N(C)S(=O)(=O)c1cnc(N)c(Cl)c1. The van der Waals surface area contributed by atoms with Gasteiger partial charge in [0.15, 0.2) is 0 Å². The number of hydrogen-bond donors (Lipinski definition) is 1. The second kappa shape index (κ2) is 6.31. The van der Waals surface area contributed by atoms with E-state index in [1.54, 1.807) is 18.4 Å². The minimum atomic E-state index is -3.65. The van der Waals surface area contributed by atoms with Crippen LogP contribution >= 0.6 is 22.9 Å². The van der Waals surface area contributed by atoms with Gasteiger partial charge in [0.1, 0.15) is 10.7 Å². The molecule has 8 heteroatoms. The van der Waals surface area contributed by atoms with Crippen molar-refractivity contribution in [2.75, 3.05) is 12.8 Å². The Morgan fingerprint density at radius 2 is 2.24 bits per heavy atom. The lowest BCUT2D eigenvalue weighted by atomic mass is 10.2. The number of halogens is 1. The third kappa shape index (κ3) is 3.55. The lowest BCUT2D eigenvalue weighted by Gasteiger charge is -2.24. The Balaban J connectivity index is 2.23. The molecule has 1 atom stereocenters. The molecule has 0 aliphatic carbocycles. The first-order valence-electron chi connectivity index (χ1n) is 6.24. The molecule has 21 heavy (non-hydrogen) atoms. The highest BCUT2D eigenvalue weighted by atomic mass is 35.5. The zero-order valence-electron chi connectivity index (χ0n) is 11.7. The van der Waals surface area contributed by atoms with E-state index in [0.29, 0.717) is 6.42 Å². The van der Waals surface area contributed by atoms with Gasteiger partial charge in [-0.15, -0.1) is 11.3 Å². The summed E-state index contributed by atoms with van der Waals surface area (Å²) in [7, 11) is -2.09. The lowest BCUT2D eigenvalue weighted by molar-refractivity contribution is 0.388. The monoisotopic (exact) mass is 345 g/mol. The van der Waals surface area contributed by atoms with Crippen molar-refractivity contribution < 1.29 is 8.42 Å². The highest BCUT2D eigenvalue weighted by molar-refractivity contribution is 7.89. The Hall–Kier alpha value is -1.15. The predicted octanol–water partition coefficient (Wildman–Crippen LogP) is 2.63. The minimum absolute atomic E-state index is 0.0437. The molecule has 0 saturated carbocycles. The molecule has 2 N–H and O–H groups in total. The number of likely N-dealkylation sites (N-methyl/N-ethyl adjacent to an activating group) is 1. The van der Waals surface area contributed by atoms with Crippen molar-refractivity contribution in [2.24, 2.45) is 0 Å². The highest BCUT2D eigenvalue weighted by Gasteiger charge is 2.26. The predicted molar refractivity (Wildman–Crippen MR) is 86.1 cm³/mol. The zero-order valence-corrected chi connectivity index (χ0v) is 14.0. The Bertz CT molecular complexity index is 717. The molecule has 0 saturated heterocycles. The smallest absolute Gasteiger partial charge is 0.244 e. The largest absolute Gasteiger partial charge is 0.382 e. The van der Waals surface area contributed by atoms with E-state index in [-0.39, 0.29) is 21.8 Å². The second-order valence-electron chi connectivity index (χ2n) is 4.69. The molecule has 114 valence electrons. The summed E-state index contributed by atoms with van der Waals surface area (Å²) in [5.41, 5.74) is 5.51. The van der Waals surface area contributed by atoms with Gasteiger partial charge in [-0.2, -0.15) is 4.31 Å². The molecule has 0 bridgehead atoms. The van der Waals surface area contributed by atoms with Gasteiger partial charge in [0.25, 0.3) is 0 Å². The van der Waals surface area contributed by atoms with Crippen molar-refractivity contribution in [1.29, 1.82) is 0 Å². The Labute approximate surface area is 133 Å². The molecule has 0 aromatic carbocycles. The fourth-order valence-corrected chi connectivity index (χ4v) is 4.21. The van der Waals surface area contributed by atoms with E-state index in [1.807, 2.05) is 24.4 Å². The summed E-state index contributed by atoms with van der Waals surface area (Å²) in [6.07, 6.45) is 1.88. The first-order chi connectivity index (χ1) is 9.82. The second-order valence-corrected chi connectivity index (χ2v) is 8.13. The van der Waals surface area contributed by atoms with Crippen LogP contribution in [0.4, 0.5) is 5.82 Å². The molecule has 0 aliphatic heterocycles. The van der Waals surface area contributed by atoms with Gasteiger partial charge in [-0.05, 0) is 30.9 Å². The van der Waals surface area contributed by atoms with Gasteiger partial charge in [0, 0.05) is 24.2 Å². The number of hydrogen-bond acceptors (Lipinski definition) is 5. The summed E-state index contributed by atoms with van der Waals surface area (Å²) in [4.78, 5) is 4.99. The van der Waals surface area contributed by atoms with Gasteiger partial charge in [-0.1, -0.05) is 17.7 Å². The van der Waals surface area contributed by atoms with Gasteiger partial charge < -0.3 is 5.73 Å². The lowest BCUT2D eigenvalue weighted by Crippen LogP contribution is -2.36. The van der Waals surface area contributed by atoms with Gasteiger partial charge in [-0.3, -0.25) is 0 Å². The first kappa shape index (κ1) is 16.2. The third-order valence-electron chi connectivity index (χ3n) is 3.22. The van der Waals surface area contributed by atoms with E-state index in [9.17, 15) is 8.42 Å². The van der Waals surface area contributed by atoms with E-state index < -0.39 is 10.0 Å². The average Bonchev–Trinajstić information content (AvgIpc) is 2.93. The molecule has 2 aromatic heterocycles. The fraction of sp³-hybridized carbons (Fsp3) is 0.308. The summed E-state index contributed by atoms with van der Waals surface area (Å²) in [6.45, 7) is 1.86. The van der Waals surface area contributed by atoms with Crippen molar-refractivity contribution in [3.8, 4) is 0 Å². The van der Waals surface area contributed by atoms with Crippen molar-refractivity contribution >= 4 is 38.8 Å². The van der Waals surface area contributed by atoms with E-state index in [0.717, 1.165) is 4.88 Å². The number of nitrogens with zero attached hydrogens (tertiary/aromatic N) is 2. The van der Waals surface area contributed by atoms with Gasteiger partial charge in [0.2, 0.25) is 10.0 Å². The van der Waals surface area contributed by atoms with Crippen LogP contribution in [0.5, 0.6) is 0 Å². The number of nitrogens with two attached hydrogens (primary N) is 1. The van der Waals surface area contributed by atoms with Crippen LogP contribution in [0.1, 0.15) is 11.8 Å². The van der Waals surface area contributed by atoms with Crippen LogP contribution in [0.25, 0.3) is 0 Å². The molecular formula is C13H16ClN3O2S2. The van der Waals surface area contributed by atoms with E-state index in [1.165, 1.54) is 16.6 Å². The van der Waals surface area contributed by atoms with Gasteiger partial charge in [0.05, 0.1) is 5.02 Å². The standard InChI is InChI=1S/C13H16ClN3O2S2/c1-9(6-10-4-3-5-20-10)17(2)21(18,19)11-7-12(14)13(15)16-8-11/h3-5,7-9H,6H2,1-2H3,(H2,15,16). The van der Waals surface area contributed by atoms with Crippen LogP contribution in [-0.2, 0) is 16.4 Å². The number of anilines is 1. The summed E-state index contributed by atoms with van der Waals surface area (Å²) in [6, 6.07) is 5.09. The number of thiophene rings is 1. The molecule has 2 heterocycles. The highest BCUT2D eigenvalue weighted by Crippen LogP contribution is 2.24.